The van der Waals surface area contributed by atoms with Gasteiger partial charge in [-0.25, -0.2) is 13.1 Å². The molecule has 1 aromatic heterocycles. The summed E-state index contributed by atoms with van der Waals surface area (Å²) in [5, 5.41) is 11.7. The third kappa shape index (κ3) is 4.13. The molecule has 1 atom stereocenters. The van der Waals surface area contributed by atoms with Crippen LogP contribution in [0.3, 0.4) is 0 Å². The maximum absolute atomic E-state index is 12.8. The molecule has 11 heteroatoms. The van der Waals surface area contributed by atoms with E-state index >= 15 is 0 Å². The first kappa shape index (κ1) is 20.5. The van der Waals surface area contributed by atoms with Crippen LogP contribution in [0, 0.1) is 18.3 Å². The molecule has 1 aromatic carbocycles. The molecule has 2 aromatic rings. The van der Waals surface area contributed by atoms with Crippen molar-refractivity contribution in [2.24, 2.45) is 7.05 Å². The van der Waals surface area contributed by atoms with Crippen LogP contribution >= 0.6 is 0 Å². The molecule has 8 nitrogen and oxygen atoms in total. The Labute approximate surface area is 165 Å². The lowest BCUT2D eigenvalue weighted by atomic mass is 10.1. The molecule has 29 heavy (non-hydrogen) atoms. The molecule has 2 N–H and O–H groups in total. The van der Waals surface area contributed by atoms with Crippen LogP contribution in [0.4, 0.5) is 14.5 Å². The van der Waals surface area contributed by atoms with Gasteiger partial charge in [0.15, 0.2) is 11.4 Å². The number of nitrogens with zero attached hydrogens (tertiary/aromatic N) is 2. The summed E-state index contributed by atoms with van der Waals surface area (Å²) in [5.41, 5.74) is 1.34. The number of fused-ring (bicyclic) bond motifs is 1. The highest BCUT2D eigenvalue weighted by molar-refractivity contribution is 7.89. The molecule has 0 fully saturated rings. The highest BCUT2D eigenvalue weighted by Crippen LogP contribution is 2.33. The third-order valence-corrected chi connectivity index (χ3v) is 5.75. The summed E-state index contributed by atoms with van der Waals surface area (Å²) in [5.74, 6) is -0.914. The summed E-state index contributed by atoms with van der Waals surface area (Å²) < 4.78 is 58.9. The average Bonchev–Trinajstić information content (AvgIpc) is 2.92. The first-order chi connectivity index (χ1) is 13.6. The van der Waals surface area contributed by atoms with E-state index in [1.807, 2.05) is 6.07 Å². The van der Waals surface area contributed by atoms with E-state index in [-0.39, 0.29) is 16.3 Å². The van der Waals surface area contributed by atoms with E-state index in [0.717, 1.165) is 5.56 Å². The normalized spacial score (nSPS) is 17.3. The number of amides is 1. The van der Waals surface area contributed by atoms with Crippen molar-refractivity contribution in [3.05, 3.63) is 53.4 Å². The molecule has 152 valence electrons. The summed E-state index contributed by atoms with van der Waals surface area (Å²) in [6.45, 7) is 1.33. The second kappa shape index (κ2) is 7.65. The number of aryl methyl sites for hydroxylation is 2. The lowest BCUT2D eigenvalue weighted by Crippen LogP contribution is -2.35. The fourth-order valence-corrected chi connectivity index (χ4v) is 4.24. The Morgan fingerprint density at radius 3 is 2.83 bits per heavy atom. The van der Waals surface area contributed by atoms with E-state index in [2.05, 4.69) is 10.0 Å². The van der Waals surface area contributed by atoms with E-state index in [4.69, 9.17) is 10.00 Å². The Kier molecular flexibility index (Phi) is 5.41. The maximum atomic E-state index is 12.8. The van der Waals surface area contributed by atoms with Crippen molar-refractivity contribution in [1.82, 2.24) is 9.29 Å². The Morgan fingerprint density at radius 1 is 1.45 bits per heavy atom. The lowest BCUT2D eigenvalue weighted by molar-refractivity contribution is 0.101. The van der Waals surface area contributed by atoms with Gasteiger partial charge >= 0.3 is 0 Å². The second-order valence-corrected chi connectivity index (χ2v) is 8.06. The number of hydrogen-bond acceptors (Lipinski definition) is 5. The predicted molar refractivity (Wildman–Crippen MR) is 99.2 cm³/mol. The minimum Gasteiger partial charge on any atom is -0.488 e. The van der Waals surface area contributed by atoms with Crippen LogP contribution in [-0.2, 0) is 17.1 Å². The molecule has 0 saturated carbocycles. The van der Waals surface area contributed by atoms with Gasteiger partial charge in [-0.3, -0.25) is 4.79 Å². The van der Waals surface area contributed by atoms with Crippen molar-refractivity contribution >= 4 is 21.6 Å². The number of rotatable bonds is 3. The van der Waals surface area contributed by atoms with E-state index in [9.17, 15) is 22.0 Å². The highest BCUT2D eigenvalue weighted by atomic mass is 32.2. The molecule has 1 aliphatic heterocycles. The average molecular weight is 422 g/mol. The first-order valence-electron chi connectivity index (χ1n) is 8.31. The zero-order chi connectivity index (χ0) is 21.3. The number of nitriles is 1. The van der Waals surface area contributed by atoms with E-state index in [1.165, 1.54) is 23.9 Å². The van der Waals surface area contributed by atoms with Crippen molar-refractivity contribution in [2.75, 3.05) is 11.9 Å². The molecule has 2 heterocycles. The molecule has 1 aliphatic rings. The van der Waals surface area contributed by atoms with Gasteiger partial charge in [-0.05, 0) is 24.6 Å². The van der Waals surface area contributed by atoms with E-state index in [0.29, 0.717) is 17.3 Å². The molecule has 1 amide bonds. The maximum Gasteiger partial charge on any atom is 0.276 e. The minimum atomic E-state index is -4.19. The number of carbonyl (C=O) groups excluding carboxylic acids is 1. The fraction of sp³-hybridized carbons (Fsp3) is 0.222. The van der Waals surface area contributed by atoms with Crippen molar-refractivity contribution in [1.29, 1.82) is 5.26 Å². The lowest BCUT2D eigenvalue weighted by Gasteiger charge is -2.12. The summed E-state index contributed by atoms with van der Waals surface area (Å²) in [4.78, 5) is 12.5. The molecule has 0 saturated heterocycles. The summed E-state index contributed by atoms with van der Waals surface area (Å²) >= 11 is 0. The summed E-state index contributed by atoms with van der Waals surface area (Å²) in [6, 6.07) is 5.47. The number of benzene rings is 1. The van der Waals surface area contributed by atoms with Crippen molar-refractivity contribution in [2.45, 2.75) is 17.9 Å². The highest BCUT2D eigenvalue weighted by Gasteiger charge is 2.34. The largest absolute Gasteiger partial charge is 0.488 e. The predicted octanol–water partition coefficient (Wildman–Crippen LogP) is 2.28. The molecule has 0 aliphatic carbocycles. The SMILES string of the molecule is Cc1ccc(NC(=O)c2c3c(cn2C)S(=O)(=O)N[C@H](C=C(F)F)CO3)cc1C#N. The van der Waals surface area contributed by atoms with Gasteiger partial charge in [0.05, 0.1) is 17.7 Å². The Balaban J connectivity index is 1.97. The fourth-order valence-electron chi connectivity index (χ4n) is 2.88. The number of ether oxygens (including phenoxy) is 1. The van der Waals surface area contributed by atoms with Gasteiger partial charge in [0, 0.05) is 25.0 Å². The zero-order valence-corrected chi connectivity index (χ0v) is 16.2. The number of sulfonamides is 1. The Morgan fingerprint density at radius 2 is 2.17 bits per heavy atom. The first-order valence-corrected chi connectivity index (χ1v) is 9.80. The van der Waals surface area contributed by atoms with Crippen LogP contribution in [0.25, 0.3) is 0 Å². The molecular weight excluding hydrogens is 406 g/mol. The minimum absolute atomic E-state index is 0.102. The standard InChI is InChI=1S/C18H16F2N4O4S/c1-10-3-4-12(5-11(10)7-21)22-18(25)16-17-14(8-24(16)2)29(26,27)23-13(9-28-17)6-15(19)20/h3-6,8,13,23H,9H2,1-2H3,(H,22,25)/t13-/m1/s1. The van der Waals surface area contributed by atoms with Crippen molar-refractivity contribution in [3.63, 3.8) is 0 Å². The quantitative estimate of drug-likeness (QED) is 0.788. The topological polar surface area (TPSA) is 113 Å². The van der Waals surface area contributed by atoms with Gasteiger partial charge in [0.2, 0.25) is 10.0 Å². The van der Waals surface area contributed by atoms with E-state index in [1.54, 1.807) is 19.1 Å². The molecule has 0 unspecified atom stereocenters. The van der Waals surface area contributed by atoms with Gasteiger partial charge in [0.25, 0.3) is 12.0 Å². The van der Waals surface area contributed by atoms with Crippen LogP contribution < -0.4 is 14.8 Å². The molecule has 0 radical (unpaired) electrons. The van der Waals surface area contributed by atoms with Crippen molar-refractivity contribution < 1.29 is 26.7 Å². The van der Waals surface area contributed by atoms with Gasteiger partial charge < -0.3 is 14.6 Å². The number of hydrogen-bond donors (Lipinski definition) is 2. The number of nitrogens with one attached hydrogen (secondary N) is 2. The summed E-state index contributed by atoms with van der Waals surface area (Å²) in [6.07, 6.45) is -0.460. The molecular formula is C18H16F2N4O4S. The Bertz CT molecular complexity index is 1160. The van der Waals surface area contributed by atoms with Crippen LogP contribution in [0.15, 0.2) is 41.4 Å². The van der Waals surface area contributed by atoms with E-state index < -0.39 is 34.7 Å². The van der Waals surface area contributed by atoms with Gasteiger partial charge in [-0.2, -0.15) is 14.0 Å². The smallest absolute Gasteiger partial charge is 0.276 e. The van der Waals surface area contributed by atoms with Crippen LogP contribution in [0.2, 0.25) is 0 Å². The monoisotopic (exact) mass is 422 g/mol. The van der Waals surface area contributed by atoms with Crippen LogP contribution in [0.1, 0.15) is 21.6 Å². The van der Waals surface area contributed by atoms with Gasteiger partial charge in [0.1, 0.15) is 11.5 Å². The van der Waals surface area contributed by atoms with Crippen molar-refractivity contribution in [3.8, 4) is 11.8 Å². The zero-order valence-electron chi connectivity index (χ0n) is 15.4. The summed E-state index contributed by atoms with van der Waals surface area (Å²) in [7, 11) is -2.74. The van der Waals surface area contributed by atoms with Crippen LogP contribution in [0.5, 0.6) is 5.75 Å². The van der Waals surface area contributed by atoms with Crippen LogP contribution in [-0.4, -0.2) is 31.5 Å². The Hall–Kier alpha value is -3.23. The third-order valence-electron chi connectivity index (χ3n) is 4.26. The number of halogens is 2. The number of anilines is 1. The molecule has 0 spiro atoms. The van der Waals surface area contributed by atoms with Gasteiger partial charge in [-0.15, -0.1) is 0 Å². The molecule has 3 rings (SSSR count). The number of carbonyl (C=O) groups is 1. The van der Waals surface area contributed by atoms with Gasteiger partial charge in [-0.1, -0.05) is 6.07 Å². The second-order valence-electron chi connectivity index (χ2n) is 6.37. The number of aromatic nitrogens is 1. The molecule has 0 bridgehead atoms.